The normalized spacial score (nSPS) is 12.0. The number of tetrazole rings is 1. The van der Waals surface area contributed by atoms with Crippen LogP contribution in [0.2, 0.25) is 0 Å². The highest BCUT2D eigenvalue weighted by atomic mass is 19.1. The van der Waals surface area contributed by atoms with Crippen molar-refractivity contribution in [3.05, 3.63) is 66.0 Å². The maximum atomic E-state index is 13.0. The van der Waals surface area contributed by atoms with Crippen molar-refractivity contribution in [1.82, 2.24) is 25.1 Å². The van der Waals surface area contributed by atoms with Gasteiger partial charge in [0.2, 0.25) is 11.7 Å². The molecule has 0 fully saturated rings. The number of hydrogen-bond donors (Lipinski definition) is 0. The van der Waals surface area contributed by atoms with E-state index in [1.54, 1.807) is 24.1 Å². The summed E-state index contributed by atoms with van der Waals surface area (Å²) in [5.74, 6) is -0.103. The molecule has 25 heavy (non-hydrogen) atoms. The van der Waals surface area contributed by atoms with Gasteiger partial charge in [-0.2, -0.15) is 4.80 Å². The van der Waals surface area contributed by atoms with Crippen LogP contribution >= 0.6 is 0 Å². The van der Waals surface area contributed by atoms with Gasteiger partial charge in [-0.1, -0.05) is 30.3 Å². The topological polar surface area (TPSA) is 63.9 Å². The van der Waals surface area contributed by atoms with Gasteiger partial charge >= 0.3 is 0 Å². The van der Waals surface area contributed by atoms with Crippen molar-refractivity contribution in [3.8, 4) is 11.4 Å². The molecule has 7 heteroatoms. The zero-order chi connectivity index (χ0) is 17.8. The molecule has 1 aromatic heterocycles. The smallest absolute Gasteiger partial charge is 0.246 e. The van der Waals surface area contributed by atoms with Crippen LogP contribution in [-0.2, 0) is 11.3 Å². The second-order valence-corrected chi connectivity index (χ2v) is 5.74. The van der Waals surface area contributed by atoms with Gasteiger partial charge in [0.05, 0.1) is 6.04 Å². The first-order valence-electron chi connectivity index (χ1n) is 7.89. The largest absolute Gasteiger partial charge is 0.337 e. The van der Waals surface area contributed by atoms with Crippen molar-refractivity contribution >= 4 is 5.91 Å². The predicted octanol–water partition coefficient (Wildman–Crippen LogP) is 2.70. The van der Waals surface area contributed by atoms with E-state index in [-0.39, 0.29) is 24.3 Å². The summed E-state index contributed by atoms with van der Waals surface area (Å²) < 4.78 is 13.0. The molecule has 6 nitrogen and oxygen atoms in total. The molecule has 2 aromatic carbocycles. The SMILES string of the molecule is C[C@H](c1ccccc1)N(C)C(=O)Cn1nnc(-c2ccc(F)cc2)n1. The fourth-order valence-electron chi connectivity index (χ4n) is 2.43. The minimum absolute atomic E-state index is 0.0120. The van der Waals surface area contributed by atoms with E-state index in [0.717, 1.165) is 5.56 Å². The molecule has 0 spiro atoms. The zero-order valence-electron chi connectivity index (χ0n) is 14.0. The molecule has 0 bridgehead atoms. The lowest BCUT2D eigenvalue weighted by atomic mass is 10.1. The fraction of sp³-hybridized carbons (Fsp3) is 0.222. The first kappa shape index (κ1) is 16.8. The third-order valence-corrected chi connectivity index (χ3v) is 4.09. The van der Waals surface area contributed by atoms with E-state index < -0.39 is 0 Å². The molecule has 0 unspecified atom stereocenters. The van der Waals surface area contributed by atoms with Crippen LogP contribution in [-0.4, -0.2) is 38.1 Å². The lowest BCUT2D eigenvalue weighted by Crippen LogP contribution is -2.33. The Morgan fingerprint density at radius 3 is 2.52 bits per heavy atom. The van der Waals surface area contributed by atoms with Crippen LogP contribution in [0.5, 0.6) is 0 Å². The summed E-state index contributed by atoms with van der Waals surface area (Å²) in [5, 5.41) is 12.0. The summed E-state index contributed by atoms with van der Waals surface area (Å²) in [6, 6.07) is 15.5. The number of carbonyl (C=O) groups is 1. The molecule has 0 saturated carbocycles. The van der Waals surface area contributed by atoms with Gasteiger partial charge in [-0.15, -0.1) is 10.2 Å². The average Bonchev–Trinajstić information content (AvgIpc) is 3.10. The Balaban J connectivity index is 1.68. The standard InChI is InChI=1S/C18H18FN5O/c1-13(14-6-4-3-5-7-14)23(2)17(25)12-24-21-18(20-22-24)15-8-10-16(19)11-9-15/h3-11,13H,12H2,1-2H3/t13-/m1/s1. The molecule has 0 radical (unpaired) electrons. The number of benzene rings is 2. The van der Waals surface area contributed by atoms with Gasteiger partial charge in [0, 0.05) is 12.6 Å². The quantitative estimate of drug-likeness (QED) is 0.717. The van der Waals surface area contributed by atoms with E-state index >= 15 is 0 Å². The van der Waals surface area contributed by atoms with Crippen LogP contribution < -0.4 is 0 Å². The van der Waals surface area contributed by atoms with E-state index in [4.69, 9.17) is 0 Å². The van der Waals surface area contributed by atoms with Crippen molar-refractivity contribution in [2.75, 3.05) is 7.05 Å². The molecule has 3 rings (SSSR count). The third kappa shape index (κ3) is 3.88. The van der Waals surface area contributed by atoms with Crippen LogP contribution in [0.15, 0.2) is 54.6 Å². The minimum Gasteiger partial charge on any atom is -0.337 e. The molecule has 0 aliphatic heterocycles. The van der Waals surface area contributed by atoms with Crippen LogP contribution in [0.3, 0.4) is 0 Å². The number of rotatable bonds is 5. The molecule has 0 N–H and O–H groups in total. The Morgan fingerprint density at radius 1 is 1.16 bits per heavy atom. The van der Waals surface area contributed by atoms with E-state index in [2.05, 4.69) is 15.4 Å². The highest BCUT2D eigenvalue weighted by Crippen LogP contribution is 2.18. The first-order chi connectivity index (χ1) is 12.0. The van der Waals surface area contributed by atoms with Crippen molar-refractivity contribution < 1.29 is 9.18 Å². The van der Waals surface area contributed by atoms with E-state index in [1.165, 1.54) is 16.9 Å². The van der Waals surface area contributed by atoms with Crippen LogP contribution in [0, 0.1) is 5.82 Å². The van der Waals surface area contributed by atoms with E-state index in [9.17, 15) is 9.18 Å². The minimum atomic E-state index is -0.331. The van der Waals surface area contributed by atoms with Gasteiger partial charge in [-0.05, 0) is 42.0 Å². The number of amides is 1. The number of likely N-dealkylation sites (N-methyl/N-ethyl adjacent to an activating group) is 1. The van der Waals surface area contributed by atoms with Gasteiger partial charge in [0.15, 0.2) is 0 Å². The molecule has 1 amide bonds. The molecule has 1 atom stereocenters. The molecule has 0 aliphatic rings. The summed E-state index contributed by atoms with van der Waals surface area (Å²) in [4.78, 5) is 15.4. The Morgan fingerprint density at radius 2 is 1.84 bits per heavy atom. The lowest BCUT2D eigenvalue weighted by Gasteiger charge is -2.25. The second kappa shape index (κ2) is 7.21. The van der Waals surface area contributed by atoms with Crippen LogP contribution in [0.4, 0.5) is 4.39 Å². The fourth-order valence-corrected chi connectivity index (χ4v) is 2.43. The summed E-state index contributed by atoms with van der Waals surface area (Å²) in [7, 11) is 1.75. The summed E-state index contributed by atoms with van der Waals surface area (Å²) in [6.07, 6.45) is 0. The molecule has 0 aliphatic carbocycles. The van der Waals surface area contributed by atoms with Gasteiger partial charge in [0.1, 0.15) is 12.4 Å². The maximum Gasteiger partial charge on any atom is 0.246 e. The average molecular weight is 339 g/mol. The lowest BCUT2D eigenvalue weighted by molar-refractivity contribution is -0.132. The van der Waals surface area contributed by atoms with Crippen molar-refractivity contribution in [3.63, 3.8) is 0 Å². The monoisotopic (exact) mass is 339 g/mol. The van der Waals surface area contributed by atoms with Crippen molar-refractivity contribution in [2.24, 2.45) is 0 Å². The Hall–Kier alpha value is -3.09. The zero-order valence-corrected chi connectivity index (χ0v) is 14.0. The van der Waals surface area contributed by atoms with E-state index in [0.29, 0.717) is 11.4 Å². The van der Waals surface area contributed by atoms with Crippen molar-refractivity contribution in [1.29, 1.82) is 0 Å². The Labute approximate surface area is 144 Å². The number of hydrogen-bond acceptors (Lipinski definition) is 4. The number of carbonyl (C=O) groups excluding carboxylic acids is 1. The number of halogens is 1. The Kier molecular flexibility index (Phi) is 4.83. The van der Waals surface area contributed by atoms with Gasteiger partial charge in [-0.25, -0.2) is 4.39 Å². The van der Waals surface area contributed by atoms with Crippen LogP contribution in [0.25, 0.3) is 11.4 Å². The summed E-state index contributed by atoms with van der Waals surface area (Å²) >= 11 is 0. The molecule has 3 aromatic rings. The van der Waals surface area contributed by atoms with E-state index in [1.807, 2.05) is 37.3 Å². The second-order valence-electron chi connectivity index (χ2n) is 5.74. The maximum absolute atomic E-state index is 13.0. The van der Waals surface area contributed by atoms with Gasteiger partial charge < -0.3 is 4.90 Å². The summed E-state index contributed by atoms with van der Waals surface area (Å²) in [6.45, 7) is 1.95. The molecule has 1 heterocycles. The summed E-state index contributed by atoms with van der Waals surface area (Å²) in [5.41, 5.74) is 1.70. The molecular weight excluding hydrogens is 321 g/mol. The molecular formula is C18H18FN5O. The molecule has 0 saturated heterocycles. The highest BCUT2D eigenvalue weighted by molar-refractivity contribution is 5.76. The number of nitrogens with zero attached hydrogens (tertiary/aromatic N) is 5. The third-order valence-electron chi connectivity index (χ3n) is 4.09. The molecule has 128 valence electrons. The van der Waals surface area contributed by atoms with Gasteiger partial charge in [-0.3, -0.25) is 4.79 Å². The van der Waals surface area contributed by atoms with Crippen molar-refractivity contribution in [2.45, 2.75) is 19.5 Å². The predicted molar refractivity (Wildman–Crippen MR) is 90.8 cm³/mol. The Bertz CT molecular complexity index is 847. The number of aromatic nitrogens is 4. The first-order valence-corrected chi connectivity index (χ1v) is 7.89. The van der Waals surface area contributed by atoms with Gasteiger partial charge in [0.25, 0.3) is 0 Å². The highest BCUT2D eigenvalue weighted by Gasteiger charge is 2.19. The van der Waals surface area contributed by atoms with Crippen LogP contribution in [0.1, 0.15) is 18.5 Å².